The summed E-state index contributed by atoms with van der Waals surface area (Å²) in [6.45, 7) is 5.19. The van der Waals surface area contributed by atoms with Crippen molar-refractivity contribution in [1.29, 1.82) is 0 Å². The molecule has 0 fully saturated rings. The van der Waals surface area contributed by atoms with E-state index in [2.05, 4.69) is 5.32 Å². The molecule has 0 saturated heterocycles. The molecule has 1 N–H and O–H groups in total. The van der Waals surface area contributed by atoms with Gasteiger partial charge in [-0.1, -0.05) is 12.1 Å². The fraction of sp³-hybridized carbons (Fsp3) is 0.190. The smallest absolute Gasteiger partial charge is 0.265 e. The molecule has 1 aliphatic rings. The van der Waals surface area contributed by atoms with Crippen LogP contribution in [0.4, 0.5) is 5.69 Å². The second-order valence-corrected chi connectivity index (χ2v) is 7.31. The number of carbonyl (C=O) groups is 1. The number of hydrogen-bond donors (Lipinski definition) is 1. The van der Waals surface area contributed by atoms with Crippen molar-refractivity contribution in [2.45, 2.75) is 13.8 Å². The molecule has 0 atom stereocenters. The SMILES string of the molecule is Cc1cccc(NC(=O)c2ccc(-c3ccc4c(c3)OCCO4)s2)c1C. The van der Waals surface area contributed by atoms with Gasteiger partial charge in [-0.15, -0.1) is 11.3 Å². The molecule has 1 aromatic heterocycles. The van der Waals surface area contributed by atoms with Crippen molar-refractivity contribution >= 4 is 22.9 Å². The minimum absolute atomic E-state index is 0.0903. The predicted molar refractivity (Wildman–Crippen MR) is 105 cm³/mol. The molecule has 0 spiro atoms. The maximum Gasteiger partial charge on any atom is 0.265 e. The van der Waals surface area contributed by atoms with E-state index < -0.39 is 0 Å². The highest BCUT2D eigenvalue weighted by atomic mass is 32.1. The Bertz CT molecular complexity index is 977. The zero-order chi connectivity index (χ0) is 18.1. The van der Waals surface area contributed by atoms with Crippen molar-refractivity contribution in [2.75, 3.05) is 18.5 Å². The molecular formula is C21H19NO3S. The Morgan fingerprint density at radius 3 is 2.65 bits per heavy atom. The van der Waals surface area contributed by atoms with E-state index in [0.717, 1.165) is 38.8 Å². The van der Waals surface area contributed by atoms with E-state index in [1.165, 1.54) is 11.3 Å². The Balaban J connectivity index is 1.56. The van der Waals surface area contributed by atoms with Gasteiger partial charge in [0, 0.05) is 10.6 Å². The van der Waals surface area contributed by atoms with E-state index in [9.17, 15) is 4.79 Å². The summed E-state index contributed by atoms with van der Waals surface area (Å²) in [6.07, 6.45) is 0. The van der Waals surface area contributed by atoms with Gasteiger partial charge in [0.25, 0.3) is 5.91 Å². The van der Waals surface area contributed by atoms with Gasteiger partial charge in [0.15, 0.2) is 11.5 Å². The van der Waals surface area contributed by atoms with Gasteiger partial charge in [-0.05, 0) is 66.9 Å². The van der Waals surface area contributed by atoms with Crippen molar-refractivity contribution < 1.29 is 14.3 Å². The quantitative estimate of drug-likeness (QED) is 0.706. The molecule has 3 aromatic rings. The molecule has 5 heteroatoms. The fourth-order valence-electron chi connectivity index (χ4n) is 2.88. The average Bonchev–Trinajstić information content (AvgIpc) is 3.15. The number of benzene rings is 2. The van der Waals surface area contributed by atoms with Gasteiger partial charge in [0.2, 0.25) is 0 Å². The topological polar surface area (TPSA) is 47.6 Å². The van der Waals surface area contributed by atoms with Gasteiger partial charge < -0.3 is 14.8 Å². The van der Waals surface area contributed by atoms with E-state index in [-0.39, 0.29) is 5.91 Å². The van der Waals surface area contributed by atoms with Crippen LogP contribution in [0.25, 0.3) is 10.4 Å². The Kier molecular flexibility index (Phi) is 4.39. The number of carbonyl (C=O) groups excluding carboxylic acids is 1. The van der Waals surface area contributed by atoms with Crippen molar-refractivity contribution in [3.05, 3.63) is 64.5 Å². The highest BCUT2D eigenvalue weighted by Gasteiger charge is 2.15. The van der Waals surface area contributed by atoms with Gasteiger partial charge in [-0.25, -0.2) is 0 Å². The zero-order valence-electron chi connectivity index (χ0n) is 14.7. The Hall–Kier alpha value is -2.79. The van der Waals surface area contributed by atoms with E-state index >= 15 is 0 Å². The molecule has 1 amide bonds. The highest BCUT2D eigenvalue weighted by molar-refractivity contribution is 7.17. The first-order valence-electron chi connectivity index (χ1n) is 8.49. The summed E-state index contributed by atoms with van der Waals surface area (Å²) in [5.41, 5.74) is 4.12. The summed E-state index contributed by atoms with van der Waals surface area (Å²) in [5, 5.41) is 3.01. The van der Waals surface area contributed by atoms with Crippen LogP contribution in [-0.2, 0) is 0 Å². The number of rotatable bonds is 3. The number of anilines is 1. The summed E-state index contributed by atoms with van der Waals surface area (Å²) in [6, 6.07) is 15.6. The average molecular weight is 365 g/mol. The van der Waals surface area contributed by atoms with Crippen LogP contribution in [-0.4, -0.2) is 19.1 Å². The van der Waals surface area contributed by atoms with E-state index in [1.54, 1.807) is 0 Å². The third kappa shape index (κ3) is 3.18. The van der Waals surface area contributed by atoms with Gasteiger partial charge in [-0.2, -0.15) is 0 Å². The summed E-state index contributed by atoms with van der Waals surface area (Å²) in [4.78, 5) is 14.3. The van der Waals surface area contributed by atoms with Crippen molar-refractivity contribution in [2.24, 2.45) is 0 Å². The van der Waals surface area contributed by atoms with Crippen molar-refractivity contribution in [1.82, 2.24) is 0 Å². The minimum Gasteiger partial charge on any atom is -0.486 e. The molecule has 2 aromatic carbocycles. The highest BCUT2D eigenvalue weighted by Crippen LogP contribution is 2.37. The van der Waals surface area contributed by atoms with Crippen LogP contribution in [0.2, 0.25) is 0 Å². The Labute approximate surface area is 156 Å². The number of ether oxygens (including phenoxy) is 2. The molecular weight excluding hydrogens is 346 g/mol. The number of thiophene rings is 1. The molecule has 4 rings (SSSR count). The first-order valence-corrected chi connectivity index (χ1v) is 9.31. The third-order valence-corrected chi connectivity index (χ3v) is 5.64. The fourth-order valence-corrected chi connectivity index (χ4v) is 3.78. The number of amides is 1. The van der Waals surface area contributed by atoms with Gasteiger partial charge in [0.05, 0.1) is 4.88 Å². The van der Waals surface area contributed by atoms with E-state index in [4.69, 9.17) is 9.47 Å². The Morgan fingerprint density at radius 2 is 1.81 bits per heavy atom. The third-order valence-electron chi connectivity index (χ3n) is 4.51. The van der Waals surface area contributed by atoms with Crippen molar-refractivity contribution in [3.63, 3.8) is 0 Å². The molecule has 0 aliphatic carbocycles. The summed E-state index contributed by atoms with van der Waals surface area (Å²) >= 11 is 1.47. The number of hydrogen-bond acceptors (Lipinski definition) is 4. The molecule has 132 valence electrons. The number of fused-ring (bicyclic) bond motifs is 1. The summed E-state index contributed by atoms with van der Waals surface area (Å²) in [5.74, 6) is 1.43. The molecule has 0 bridgehead atoms. The van der Waals surface area contributed by atoms with Gasteiger partial charge in [-0.3, -0.25) is 4.79 Å². The van der Waals surface area contributed by atoms with Gasteiger partial charge in [0.1, 0.15) is 13.2 Å². The lowest BCUT2D eigenvalue weighted by Crippen LogP contribution is -2.15. The van der Waals surface area contributed by atoms with Crippen LogP contribution in [0.15, 0.2) is 48.5 Å². The number of nitrogens with one attached hydrogen (secondary N) is 1. The van der Waals surface area contributed by atoms with E-state index in [0.29, 0.717) is 18.1 Å². The molecule has 4 nitrogen and oxygen atoms in total. The van der Waals surface area contributed by atoms with Crippen LogP contribution in [0.3, 0.4) is 0 Å². The first-order chi connectivity index (χ1) is 12.6. The lowest BCUT2D eigenvalue weighted by atomic mass is 10.1. The lowest BCUT2D eigenvalue weighted by Gasteiger charge is -2.18. The van der Waals surface area contributed by atoms with Gasteiger partial charge >= 0.3 is 0 Å². The number of aryl methyl sites for hydroxylation is 1. The molecule has 1 aliphatic heterocycles. The maximum absolute atomic E-state index is 12.6. The van der Waals surface area contributed by atoms with E-state index in [1.807, 2.05) is 62.4 Å². The maximum atomic E-state index is 12.6. The normalized spacial score (nSPS) is 12.7. The first kappa shape index (κ1) is 16.7. The standard InChI is InChI=1S/C21H19NO3S/c1-13-4-3-5-16(14(13)2)22-21(23)20-9-8-19(26-20)15-6-7-17-18(12-15)25-11-10-24-17/h3-9,12H,10-11H2,1-2H3,(H,22,23). The summed E-state index contributed by atoms with van der Waals surface area (Å²) < 4.78 is 11.2. The second-order valence-electron chi connectivity index (χ2n) is 6.22. The largest absolute Gasteiger partial charge is 0.486 e. The molecule has 2 heterocycles. The van der Waals surface area contributed by atoms with Crippen LogP contribution < -0.4 is 14.8 Å². The molecule has 0 unspecified atom stereocenters. The molecule has 0 saturated carbocycles. The minimum atomic E-state index is -0.0903. The summed E-state index contributed by atoms with van der Waals surface area (Å²) in [7, 11) is 0. The van der Waals surface area contributed by atoms with Crippen LogP contribution in [0.5, 0.6) is 11.5 Å². The second kappa shape index (κ2) is 6.84. The van der Waals surface area contributed by atoms with Crippen LogP contribution in [0, 0.1) is 13.8 Å². The zero-order valence-corrected chi connectivity index (χ0v) is 15.5. The monoisotopic (exact) mass is 365 g/mol. The van der Waals surface area contributed by atoms with Crippen LogP contribution >= 0.6 is 11.3 Å². The molecule has 0 radical (unpaired) electrons. The lowest BCUT2D eigenvalue weighted by molar-refractivity contribution is 0.103. The molecule has 26 heavy (non-hydrogen) atoms. The predicted octanol–water partition coefficient (Wildman–Crippen LogP) is 5.06. The van der Waals surface area contributed by atoms with Crippen molar-refractivity contribution in [3.8, 4) is 21.9 Å². The van der Waals surface area contributed by atoms with Crippen LogP contribution in [0.1, 0.15) is 20.8 Å². The Morgan fingerprint density at radius 1 is 1.00 bits per heavy atom.